The van der Waals surface area contributed by atoms with Crippen LogP contribution in [0.4, 0.5) is 0 Å². The molecule has 1 aromatic rings. The van der Waals surface area contributed by atoms with Crippen molar-refractivity contribution in [2.75, 3.05) is 13.1 Å². The maximum atomic E-state index is 12.2. The third kappa shape index (κ3) is 3.73. The van der Waals surface area contributed by atoms with Gasteiger partial charge in [0.05, 0.1) is 4.47 Å². The lowest BCUT2D eigenvalue weighted by Gasteiger charge is -2.23. The summed E-state index contributed by atoms with van der Waals surface area (Å²) in [6.45, 7) is 7.52. The zero-order valence-electron chi connectivity index (χ0n) is 10.4. The van der Waals surface area contributed by atoms with Gasteiger partial charge in [-0.3, -0.25) is 4.79 Å². The zero-order chi connectivity index (χ0) is 13.0. The fraction of sp³-hybridized carbons (Fsp3) is 0.462. The van der Waals surface area contributed by atoms with Gasteiger partial charge in [-0.2, -0.15) is 0 Å². The third-order valence-electron chi connectivity index (χ3n) is 2.45. The first kappa shape index (κ1) is 14.0. The Morgan fingerprint density at radius 3 is 2.59 bits per heavy atom. The van der Waals surface area contributed by atoms with Gasteiger partial charge in [-0.1, -0.05) is 13.8 Å². The van der Waals surface area contributed by atoms with E-state index in [0.29, 0.717) is 22.5 Å². The Balaban J connectivity index is 2.90. The summed E-state index contributed by atoms with van der Waals surface area (Å²) in [5, 5.41) is 9.57. The Morgan fingerprint density at radius 1 is 1.47 bits per heavy atom. The van der Waals surface area contributed by atoms with E-state index in [1.165, 1.54) is 6.07 Å². The van der Waals surface area contributed by atoms with E-state index in [0.717, 1.165) is 6.54 Å². The molecule has 0 heterocycles. The number of aromatic hydroxyl groups is 1. The van der Waals surface area contributed by atoms with E-state index in [2.05, 4.69) is 29.8 Å². The number of nitrogens with zero attached hydrogens (tertiary/aromatic N) is 1. The van der Waals surface area contributed by atoms with Crippen LogP contribution in [-0.2, 0) is 0 Å². The first-order chi connectivity index (χ1) is 7.95. The summed E-state index contributed by atoms with van der Waals surface area (Å²) in [4.78, 5) is 14.0. The summed E-state index contributed by atoms with van der Waals surface area (Å²) in [6.07, 6.45) is 0. The van der Waals surface area contributed by atoms with Crippen LogP contribution >= 0.6 is 15.9 Å². The molecule has 0 saturated carbocycles. The SMILES string of the molecule is CCN(CC(C)C)C(=O)c1ccc(Br)c(O)c1. The monoisotopic (exact) mass is 299 g/mol. The predicted octanol–water partition coefficient (Wildman–Crippen LogP) is 3.27. The molecule has 0 aliphatic rings. The molecule has 0 aliphatic heterocycles. The van der Waals surface area contributed by atoms with E-state index < -0.39 is 0 Å². The van der Waals surface area contributed by atoms with E-state index in [4.69, 9.17) is 0 Å². The van der Waals surface area contributed by atoms with Gasteiger partial charge in [0.1, 0.15) is 5.75 Å². The van der Waals surface area contributed by atoms with Gasteiger partial charge in [0.25, 0.3) is 5.91 Å². The van der Waals surface area contributed by atoms with Crippen molar-refractivity contribution >= 4 is 21.8 Å². The predicted molar refractivity (Wildman–Crippen MR) is 72.2 cm³/mol. The number of benzene rings is 1. The summed E-state index contributed by atoms with van der Waals surface area (Å²) in [7, 11) is 0. The van der Waals surface area contributed by atoms with Gasteiger partial charge in [0.2, 0.25) is 0 Å². The molecular weight excluding hydrogens is 282 g/mol. The van der Waals surface area contributed by atoms with Crippen molar-refractivity contribution in [2.24, 2.45) is 5.92 Å². The third-order valence-corrected chi connectivity index (χ3v) is 3.12. The maximum Gasteiger partial charge on any atom is 0.253 e. The van der Waals surface area contributed by atoms with Gasteiger partial charge in [-0.25, -0.2) is 0 Å². The van der Waals surface area contributed by atoms with Crippen LogP contribution in [0.25, 0.3) is 0 Å². The second kappa shape index (κ2) is 6.05. The molecule has 4 heteroatoms. The van der Waals surface area contributed by atoms with Crippen molar-refractivity contribution in [3.05, 3.63) is 28.2 Å². The molecule has 1 amide bonds. The summed E-state index contributed by atoms with van der Waals surface area (Å²) in [5.74, 6) is 0.489. The van der Waals surface area contributed by atoms with Crippen LogP contribution in [0.2, 0.25) is 0 Å². The Morgan fingerprint density at radius 2 is 2.12 bits per heavy atom. The Labute approximate surface area is 111 Å². The lowest BCUT2D eigenvalue weighted by molar-refractivity contribution is 0.0745. The minimum Gasteiger partial charge on any atom is -0.507 e. The lowest BCUT2D eigenvalue weighted by atomic mass is 10.1. The second-order valence-electron chi connectivity index (χ2n) is 4.40. The molecule has 94 valence electrons. The van der Waals surface area contributed by atoms with Crippen LogP contribution in [0.1, 0.15) is 31.1 Å². The van der Waals surface area contributed by atoms with Crippen molar-refractivity contribution in [1.82, 2.24) is 4.90 Å². The zero-order valence-corrected chi connectivity index (χ0v) is 12.0. The van der Waals surface area contributed by atoms with E-state index >= 15 is 0 Å². The van der Waals surface area contributed by atoms with Gasteiger partial charge in [0.15, 0.2) is 0 Å². The molecule has 1 rings (SSSR count). The summed E-state index contributed by atoms with van der Waals surface area (Å²) >= 11 is 3.20. The van der Waals surface area contributed by atoms with Crippen LogP contribution in [0.15, 0.2) is 22.7 Å². The van der Waals surface area contributed by atoms with Crippen molar-refractivity contribution in [2.45, 2.75) is 20.8 Å². The number of hydrogen-bond donors (Lipinski definition) is 1. The van der Waals surface area contributed by atoms with Crippen LogP contribution < -0.4 is 0 Å². The first-order valence-corrected chi connectivity index (χ1v) is 6.52. The van der Waals surface area contributed by atoms with Crippen LogP contribution in [0.5, 0.6) is 5.75 Å². The molecular formula is C13H18BrNO2. The average Bonchev–Trinajstić information content (AvgIpc) is 2.28. The van der Waals surface area contributed by atoms with Gasteiger partial charge in [-0.05, 0) is 47.0 Å². The van der Waals surface area contributed by atoms with E-state index in [-0.39, 0.29) is 11.7 Å². The van der Waals surface area contributed by atoms with Gasteiger partial charge in [0, 0.05) is 18.7 Å². The highest BCUT2D eigenvalue weighted by Crippen LogP contribution is 2.25. The van der Waals surface area contributed by atoms with E-state index in [1.807, 2.05) is 6.92 Å². The van der Waals surface area contributed by atoms with Gasteiger partial charge >= 0.3 is 0 Å². The van der Waals surface area contributed by atoms with Crippen LogP contribution in [0.3, 0.4) is 0 Å². The number of amides is 1. The number of hydrogen-bond acceptors (Lipinski definition) is 2. The number of carbonyl (C=O) groups excluding carboxylic acids is 1. The molecule has 1 aromatic carbocycles. The number of carbonyl (C=O) groups is 1. The fourth-order valence-electron chi connectivity index (χ4n) is 1.62. The second-order valence-corrected chi connectivity index (χ2v) is 5.26. The lowest BCUT2D eigenvalue weighted by Crippen LogP contribution is -2.33. The largest absolute Gasteiger partial charge is 0.507 e. The molecule has 3 nitrogen and oxygen atoms in total. The van der Waals surface area contributed by atoms with Crippen LogP contribution in [0, 0.1) is 5.92 Å². The highest BCUT2D eigenvalue weighted by molar-refractivity contribution is 9.10. The van der Waals surface area contributed by atoms with Crippen LogP contribution in [-0.4, -0.2) is 29.0 Å². The van der Waals surface area contributed by atoms with Crippen molar-refractivity contribution < 1.29 is 9.90 Å². The van der Waals surface area contributed by atoms with Crippen molar-refractivity contribution in [3.8, 4) is 5.75 Å². The van der Waals surface area contributed by atoms with Gasteiger partial charge in [-0.15, -0.1) is 0 Å². The Kier molecular flexibility index (Phi) is 5.00. The number of phenols is 1. The maximum absolute atomic E-state index is 12.2. The highest BCUT2D eigenvalue weighted by atomic mass is 79.9. The van der Waals surface area contributed by atoms with E-state index in [1.54, 1.807) is 17.0 Å². The minimum absolute atomic E-state index is 0.0380. The number of halogens is 1. The molecule has 0 unspecified atom stereocenters. The summed E-state index contributed by atoms with van der Waals surface area (Å²) in [6, 6.07) is 4.90. The summed E-state index contributed by atoms with van der Waals surface area (Å²) in [5.41, 5.74) is 0.521. The first-order valence-electron chi connectivity index (χ1n) is 5.73. The quantitative estimate of drug-likeness (QED) is 0.927. The van der Waals surface area contributed by atoms with Gasteiger partial charge < -0.3 is 10.0 Å². The smallest absolute Gasteiger partial charge is 0.253 e. The molecule has 0 aliphatic carbocycles. The molecule has 0 fully saturated rings. The molecule has 0 bridgehead atoms. The molecule has 0 aromatic heterocycles. The molecule has 17 heavy (non-hydrogen) atoms. The fourth-order valence-corrected chi connectivity index (χ4v) is 1.87. The number of rotatable bonds is 4. The standard InChI is InChI=1S/C13H18BrNO2/c1-4-15(8-9(2)3)13(17)10-5-6-11(14)12(16)7-10/h5-7,9,16H,4,8H2,1-3H3. The minimum atomic E-state index is -0.0380. The Hall–Kier alpha value is -1.03. The van der Waals surface area contributed by atoms with E-state index in [9.17, 15) is 9.90 Å². The van der Waals surface area contributed by atoms with Crippen molar-refractivity contribution in [3.63, 3.8) is 0 Å². The highest BCUT2D eigenvalue weighted by Gasteiger charge is 2.16. The average molecular weight is 300 g/mol. The molecule has 1 N–H and O–H groups in total. The molecule has 0 saturated heterocycles. The topological polar surface area (TPSA) is 40.5 Å². The normalized spacial score (nSPS) is 10.6. The number of phenolic OH excluding ortho intramolecular Hbond substituents is 1. The van der Waals surface area contributed by atoms with Crippen molar-refractivity contribution in [1.29, 1.82) is 0 Å². The molecule has 0 spiro atoms. The molecule has 0 atom stereocenters. The Bertz CT molecular complexity index is 404. The summed E-state index contributed by atoms with van der Waals surface area (Å²) < 4.78 is 0.598. The molecule has 0 radical (unpaired) electrons.